The Morgan fingerprint density at radius 2 is 1.94 bits per heavy atom. The first-order chi connectivity index (χ1) is 8.43. The van der Waals surface area contributed by atoms with Crippen molar-refractivity contribution in [1.29, 1.82) is 0 Å². The molecule has 100 valence electrons. The molecular weight excluding hydrogens is 231 g/mol. The maximum Gasteiger partial charge on any atom is 0.220 e. The lowest BCUT2D eigenvalue weighted by Crippen LogP contribution is -2.33. The molecule has 0 saturated heterocycles. The zero-order chi connectivity index (χ0) is 13.6. The van der Waals surface area contributed by atoms with Crippen molar-refractivity contribution in [1.82, 2.24) is 5.32 Å². The highest BCUT2D eigenvalue weighted by atomic mass is 19.1. The molecule has 0 aliphatic heterocycles. The van der Waals surface area contributed by atoms with Gasteiger partial charge in [-0.05, 0) is 36.1 Å². The molecule has 0 atom stereocenters. The molecule has 0 aromatic heterocycles. The van der Waals surface area contributed by atoms with Crippen LogP contribution in [0.15, 0.2) is 24.3 Å². The van der Waals surface area contributed by atoms with Crippen LogP contribution in [0.4, 0.5) is 4.39 Å². The normalized spacial score (nSPS) is 11.3. The van der Waals surface area contributed by atoms with Gasteiger partial charge in [-0.2, -0.15) is 0 Å². The average Bonchev–Trinajstić information content (AvgIpc) is 2.31. The molecule has 1 aromatic carbocycles. The van der Waals surface area contributed by atoms with Gasteiger partial charge in [0, 0.05) is 13.0 Å². The number of carbonyl (C=O) groups excluding carboxylic acids is 1. The SMILES string of the molecule is CC(C)(CN)CC(=O)NCCc1ccc(F)cc1. The van der Waals surface area contributed by atoms with Gasteiger partial charge in [-0.3, -0.25) is 4.79 Å². The van der Waals surface area contributed by atoms with E-state index in [1.165, 1.54) is 12.1 Å². The molecular formula is C14H21FN2O. The van der Waals surface area contributed by atoms with Gasteiger partial charge in [-0.1, -0.05) is 26.0 Å². The van der Waals surface area contributed by atoms with E-state index >= 15 is 0 Å². The van der Waals surface area contributed by atoms with Crippen LogP contribution in [0.2, 0.25) is 0 Å². The van der Waals surface area contributed by atoms with Gasteiger partial charge in [-0.15, -0.1) is 0 Å². The summed E-state index contributed by atoms with van der Waals surface area (Å²) in [6, 6.07) is 6.31. The van der Waals surface area contributed by atoms with Crippen LogP contribution in [-0.2, 0) is 11.2 Å². The summed E-state index contributed by atoms with van der Waals surface area (Å²) in [5.41, 5.74) is 6.42. The summed E-state index contributed by atoms with van der Waals surface area (Å²) >= 11 is 0. The van der Waals surface area contributed by atoms with Crippen molar-refractivity contribution < 1.29 is 9.18 Å². The van der Waals surface area contributed by atoms with Crippen LogP contribution in [0, 0.1) is 11.2 Å². The maximum absolute atomic E-state index is 12.7. The van der Waals surface area contributed by atoms with Crippen LogP contribution >= 0.6 is 0 Å². The Hall–Kier alpha value is -1.42. The van der Waals surface area contributed by atoms with E-state index in [2.05, 4.69) is 5.32 Å². The van der Waals surface area contributed by atoms with Crippen molar-refractivity contribution in [2.75, 3.05) is 13.1 Å². The van der Waals surface area contributed by atoms with Crippen molar-refractivity contribution >= 4 is 5.91 Å². The number of amides is 1. The highest BCUT2D eigenvalue weighted by Crippen LogP contribution is 2.17. The average molecular weight is 252 g/mol. The standard InChI is InChI=1S/C14H21FN2O/c1-14(2,10-16)9-13(18)17-8-7-11-3-5-12(15)6-4-11/h3-6H,7-10,16H2,1-2H3,(H,17,18). The van der Waals surface area contributed by atoms with E-state index in [4.69, 9.17) is 5.73 Å². The number of hydrogen-bond donors (Lipinski definition) is 2. The van der Waals surface area contributed by atoms with Crippen molar-refractivity contribution in [2.45, 2.75) is 26.7 Å². The van der Waals surface area contributed by atoms with E-state index in [1.54, 1.807) is 12.1 Å². The minimum atomic E-state index is -0.243. The molecule has 1 rings (SSSR count). The third-order valence-electron chi connectivity index (χ3n) is 2.84. The molecule has 1 amide bonds. The topological polar surface area (TPSA) is 55.1 Å². The van der Waals surface area contributed by atoms with Gasteiger partial charge in [0.1, 0.15) is 5.82 Å². The van der Waals surface area contributed by atoms with Crippen molar-refractivity contribution in [3.63, 3.8) is 0 Å². The predicted octanol–water partition coefficient (Wildman–Crippen LogP) is 1.86. The van der Waals surface area contributed by atoms with Crippen molar-refractivity contribution in [3.05, 3.63) is 35.6 Å². The third kappa shape index (κ3) is 5.27. The van der Waals surface area contributed by atoms with E-state index in [-0.39, 0.29) is 17.1 Å². The van der Waals surface area contributed by atoms with Crippen LogP contribution in [0.3, 0.4) is 0 Å². The molecule has 4 heteroatoms. The second kappa shape index (κ2) is 6.50. The molecule has 0 fully saturated rings. The Morgan fingerprint density at radius 3 is 2.50 bits per heavy atom. The van der Waals surface area contributed by atoms with Crippen LogP contribution in [0.25, 0.3) is 0 Å². The predicted molar refractivity (Wildman–Crippen MR) is 70.6 cm³/mol. The molecule has 18 heavy (non-hydrogen) atoms. The van der Waals surface area contributed by atoms with Gasteiger partial charge in [0.2, 0.25) is 5.91 Å². The number of rotatable bonds is 6. The fourth-order valence-corrected chi connectivity index (χ4v) is 1.57. The summed E-state index contributed by atoms with van der Waals surface area (Å²) in [5, 5.41) is 2.85. The summed E-state index contributed by atoms with van der Waals surface area (Å²) in [7, 11) is 0. The van der Waals surface area contributed by atoms with E-state index in [0.717, 1.165) is 5.56 Å². The van der Waals surface area contributed by atoms with Crippen molar-refractivity contribution in [3.8, 4) is 0 Å². The number of nitrogens with two attached hydrogens (primary N) is 1. The summed E-state index contributed by atoms with van der Waals surface area (Å²) in [6.07, 6.45) is 1.13. The highest BCUT2D eigenvalue weighted by Gasteiger charge is 2.19. The summed E-state index contributed by atoms with van der Waals surface area (Å²) in [4.78, 5) is 11.6. The number of nitrogens with one attached hydrogen (secondary N) is 1. The van der Waals surface area contributed by atoms with E-state index in [0.29, 0.717) is 25.9 Å². The summed E-state index contributed by atoms with van der Waals surface area (Å²) in [6.45, 7) is 4.97. The first kappa shape index (κ1) is 14.6. The molecule has 1 aromatic rings. The smallest absolute Gasteiger partial charge is 0.220 e. The molecule has 0 spiro atoms. The minimum Gasteiger partial charge on any atom is -0.356 e. The summed E-state index contributed by atoms with van der Waals surface area (Å²) in [5.74, 6) is -0.236. The van der Waals surface area contributed by atoms with Crippen LogP contribution in [-0.4, -0.2) is 19.0 Å². The van der Waals surface area contributed by atoms with Crippen LogP contribution in [0.1, 0.15) is 25.8 Å². The van der Waals surface area contributed by atoms with Gasteiger partial charge in [0.05, 0.1) is 0 Å². The Balaban J connectivity index is 2.29. The Bertz CT molecular complexity index is 387. The van der Waals surface area contributed by atoms with E-state index in [1.807, 2.05) is 13.8 Å². The number of hydrogen-bond acceptors (Lipinski definition) is 2. The van der Waals surface area contributed by atoms with Gasteiger partial charge in [-0.25, -0.2) is 4.39 Å². The molecule has 0 heterocycles. The first-order valence-electron chi connectivity index (χ1n) is 6.14. The maximum atomic E-state index is 12.7. The molecule has 3 N–H and O–H groups in total. The molecule has 0 aliphatic rings. The van der Waals surface area contributed by atoms with Gasteiger partial charge in [0.25, 0.3) is 0 Å². The minimum absolute atomic E-state index is 0.00700. The molecule has 0 radical (unpaired) electrons. The lowest BCUT2D eigenvalue weighted by Gasteiger charge is -2.21. The molecule has 0 bridgehead atoms. The van der Waals surface area contributed by atoms with Gasteiger partial charge in [0.15, 0.2) is 0 Å². The van der Waals surface area contributed by atoms with E-state index < -0.39 is 0 Å². The third-order valence-corrected chi connectivity index (χ3v) is 2.84. The number of halogens is 1. The van der Waals surface area contributed by atoms with Crippen LogP contribution < -0.4 is 11.1 Å². The Kier molecular flexibility index (Phi) is 5.28. The zero-order valence-electron chi connectivity index (χ0n) is 11.0. The lowest BCUT2D eigenvalue weighted by atomic mass is 9.89. The highest BCUT2D eigenvalue weighted by molar-refractivity contribution is 5.76. The largest absolute Gasteiger partial charge is 0.356 e. The Labute approximate surface area is 108 Å². The lowest BCUT2D eigenvalue weighted by molar-refractivity contribution is -0.122. The van der Waals surface area contributed by atoms with Crippen molar-refractivity contribution in [2.24, 2.45) is 11.1 Å². The fourth-order valence-electron chi connectivity index (χ4n) is 1.57. The second-order valence-electron chi connectivity index (χ2n) is 5.27. The Morgan fingerprint density at radius 1 is 1.33 bits per heavy atom. The summed E-state index contributed by atoms with van der Waals surface area (Å²) < 4.78 is 12.7. The zero-order valence-corrected chi connectivity index (χ0v) is 11.0. The quantitative estimate of drug-likeness (QED) is 0.812. The number of benzene rings is 1. The fraction of sp³-hybridized carbons (Fsp3) is 0.500. The van der Waals surface area contributed by atoms with Gasteiger partial charge >= 0.3 is 0 Å². The van der Waals surface area contributed by atoms with Crippen LogP contribution in [0.5, 0.6) is 0 Å². The molecule has 0 aliphatic carbocycles. The first-order valence-corrected chi connectivity index (χ1v) is 6.14. The number of carbonyl (C=O) groups is 1. The monoisotopic (exact) mass is 252 g/mol. The molecule has 0 unspecified atom stereocenters. The molecule has 3 nitrogen and oxygen atoms in total. The van der Waals surface area contributed by atoms with E-state index in [9.17, 15) is 9.18 Å². The molecule has 0 saturated carbocycles. The second-order valence-corrected chi connectivity index (χ2v) is 5.27. The van der Waals surface area contributed by atoms with Gasteiger partial charge < -0.3 is 11.1 Å².